The minimum atomic E-state index is -0.344. The standard InChI is InChI=1S/C54H39N3S/c1-57-52(36-13-3-2-4-14-36)55-51(56-53(57)39-27-29-44-43-18-8-12-22-49(43)58-50(44)33-39)35-25-23-34(24-26-35)37-28-30-46-40(31-37)32-38-15-5-9-19-45(38)54(46)47-20-10-6-16-41(47)42-17-7-11-21-48(42)54/h3,5-31,33,53H,2,4,32H2,1H3. The largest absolute Gasteiger partial charge is 0.333 e. The molecule has 4 aliphatic rings. The fourth-order valence-electron chi connectivity index (χ4n) is 10.2. The van der Waals surface area contributed by atoms with Gasteiger partial charge in [0.2, 0.25) is 0 Å². The number of allylic oxidation sites excluding steroid dienone is 2. The van der Waals surface area contributed by atoms with Crippen LogP contribution in [0.1, 0.15) is 63.5 Å². The van der Waals surface area contributed by atoms with Gasteiger partial charge in [0.25, 0.3) is 0 Å². The second-order valence-corrected chi connectivity index (χ2v) is 17.1. The number of aliphatic imine (C=N–C) groups is 2. The average molecular weight is 762 g/mol. The zero-order chi connectivity index (χ0) is 38.4. The van der Waals surface area contributed by atoms with Crippen molar-refractivity contribution in [2.24, 2.45) is 9.98 Å². The van der Waals surface area contributed by atoms with Crippen LogP contribution in [0.3, 0.4) is 0 Å². The zero-order valence-corrected chi connectivity index (χ0v) is 33.0. The highest BCUT2D eigenvalue weighted by atomic mass is 32.1. The molecule has 58 heavy (non-hydrogen) atoms. The Balaban J connectivity index is 0.940. The van der Waals surface area contributed by atoms with E-state index in [0.717, 1.165) is 42.1 Å². The molecule has 0 saturated heterocycles. The number of hydrogen-bond acceptors (Lipinski definition) is 4. The van der Waals surface area contributed by atoms with E-state index < -0.39 is 0 Å². The van der Waals surface area contributed by atoms with Gasteiger partial charge in [0, 0.05) is 38.4 Å². The first kappa shape index (κ1) is 33.5. The summed E-state index contributed by atoms with van der Waals surface area (Å²) in [4.78, 5) is 12.9. The molecule has 12 rings (SSSR count). The van der Waals surface area contributed by atoms with Crippen LogP contribution < -0.4 is 0 Å². The Hall–Kier alpha value is -6.62. The Morgan fingerprint density at radius 3 is 2.05 bits per heavy atom. The summed E-state index contributed by atoms with van der Waals surface area (Å²) in [6.45, 7) is 0. The van der Waals surface area contributed by atoms with E-state index >= 15 is 0 Å². The first-order valence-electron chi connectivity index (χ1n) is 20.3. The van der Waals surface area contributed by atoms with Gasteiger partial charge in [-0.15, -0.1) is 11.3 Å². The number of likely N-dealkylation sites (N-methyl/N-ethyl adjacent to an activating group) is 1. The number of rotatable bonds is 4. The predicted octanol–water partition coefficient (Wildman–Crippen LogP) is 13.1. The molecule has 2 heterocycles. The van der Waals surface area contributed by atoms with Crippen LogP contribution in [0.15, 0.2) is 192 Å². The minimum Gasteiger partial charge on any atom is -0.333 e. The Morgan fingerprint density at radius 1 is 0.586 bits per heavy atom. The molecule has 8 aromatic rings. The van der Waals surface area contributed by atoms with Crippen LogP contribution in [0, 0.1) is 0 Å². The van der Waals surface area contributed by atoms with E-state index in [2.05, 4.69) is 188 Å². The predicted molar refractivity (Wildman–Crippen MR) is 242 cm³/mol. The normalized spacial score (nSPS) is 17.4. The third kappa shape index (κ3) is 4.91. The van der Waals surface area contributed by atoms with Crippen LogP contribution in [0.4, 0.5) is 0 Å². The maximum Gasteiger partial charge on any atom is 0.159 e. The highest BCUT2D eigenvalue weighted by molar-refractivity contribution is 7.25. The summed E-state index contributed by atoms with van der Waals surface area (Å²) >= 11 is 1.85. The number of amidine groups is 2. The third-order valence-corrected chi connectivity index (χ3v) is 14.0. The number of thiophene rings is 1. The van der Waals surface area contributed by atoms with E-state index in [1.54, 1.807) is 0 Å². The molecule has 0 fully saturated rings. The van der Waals surface area contributed by atoms with Crippen LogP contribution in [-0.4, -0.2) is 23.6 Å². The molecule has 1 aliphatic heterocycles. The average Bonchev–Trinajstić information content (AvgIpc) is 3.80. The number of benzene rings is 7. The van der Waals surface area contributed by atoms with Crippen molar-refractivity contribution in [2.75, 3.05) is 7.05 Å². The second kappa shape index (κ2) is 13.0. The molecule has 0 saturated carbocycles. The van der Waals surface area contributed by atoms with Crippen molar-refractivity contribution < 1.29 is 0 Å². The Labute approximate surface area is 342 Å². The van der Waals surface area contributed by atoms with E-state index in [9.17, 15) is 0 Å². The molecule has 1 aromatic heterocycles. The van der Waals surface area contributed by atoms with Gasteiger partial charge in [-0.2, -0.15) is 0 Å². The molecule has 4 heteroatoms. The van der Waals surface area contributed by atoms with Gasteiger partial charge in [-0.1, -0.05) is 164 Å². The quantitative estimate of drug-likeness (QED) is 0.176. The van der Waals surface area contributed by atoms with E-state index in [4.69, 9.17) is 9.98 Å². The third-order valence-electron chi connectivity index (χ3n) is 12.9. The molecule has 0 radical (unpaired) electrons. The summed E-state index contributed by atoms with van der Waals surface area (Å²) in [5.41, 5.74) is 16.4. The van der Waals surface area contributed by atoms with Crippen LogP contribution in [-0.2, 0) is 11.8 Å². The van der Waals surface area contributed by atoms with E-state index in [1.807, 2.05) is 11.3 Å². The molecule has 1 unspecified atom stereocenters. The molecule has 3 aliphatic carbocycles. The topological polar surface area (TPSA) is 28.0 Å². The lowest BCUT2D eigenvalue weighted by Gasteiger charge is -2.40. The van der Waals surface area contributed by atoms with Crippen molar-refractivity contribution in [3.05, 3.63) is 226 Å². The smallest absolute Gasteiger partial charge is 0.159 e. The van der Waals surface area contributed by atoms with Crippen molar-refractivity contribution in [1.82, 2.24) is 4.90 Å². The van der Waals surface area contributed by atoms with E-state index in [0.29, 0.717) is 0 Å². The zero-order valence-electron chi connectivity index (χ0n) is 32.2. The van der Waals surface area contributed by atoms with Gasteiger partial charge in [0.15, 0.2) is 12.0 Å². The molecule has 0 bridgehead atoms. The van der Waals surface area contributed by atoms with Crippen molar-refractivity contribution in [2.45, 2.75) is 30.8 Å². The summed E-state index contributed by atoms with van der Waals surface area (Å²) in [6, 6.07) is 58.8. The number of hydrogen-bond donors (Lipinski definition) is 0. The van der Waals surface area contributed by atoms with Crippen molar-refractivity contribution in [3.63, 3.8) is 0 Å². The Kier molecular flexibility index (Phi) is 7.49. The maximum atomic E-state index is 5.38. The van der Waals surface area contributed by atoms with Crippen molar-refractivity contribution in [1.29, 1.82) is 0 Å². The van der Waals surface area contributed by atoms with Gasteiger partial charge < -0.3 is 4.90 Å². The molecule has 1 spiro atoms. The summed E-state index contributed by atoms with van der Waals surface area (Å²) in [5.74, 6) is 1.73. The van der Waals surface area contributed by atoms with E-state index in [-0.39, 0.29) is 11.6 Å². The van der Waals surface area contributed by atoms with Gasteiger partial charge in [-0.25, -0.2) is 9.98 Å². The lowest BCUT2D eigenvalue weighted by Crippen LogP contribution is -2.36. The molecule has 7 aromatic carbocycles. The van der Waals surface area contributed by atoms with Gasteiger partial charge >= 0.3 is 0 Å². The summed E-state index contributed by atoms with van der Waals surface area (Å²) in [5, 5.41) is 2.61. The molecule has 0 N–H and O–H groups in total. The van der Waals surface area contributed by atoms with Crippen LogP contribution in [0.5, 0.6) is 0 Å². The molecule has 1 atom stereocenters. The maximum absolute atomic E-state index is 5.38. The van der Waals surface area contributed by atoms with Gasteiger partial charge in [0.05, 0.1) is 5.41 Å². The monoisotopic (exact) mass is 761 g/mol. The second-order valence-electron chi connectivity index (χ2n) is 16.0. The van der Waals surface area contributed by atoms with Gasteiger partial charge in [-0.05, 0) is 92.6 Å². The first-order valence-corrected chi connectivity index (χ1v) is 21.2. The minimum absolute atomic E-state index is 0.199. The van der Waals surface area contributed by atoms with Gasteiger partial charge in [0.1, 0.15) is 5.84 Å². The summed E-state index contributed by atoms with van der Waals surface area (Å²) in [6.07, 6.45) is 9.58. The van der Waals surface area contributed by atoms with Crippen molar-refractivity contribution >= 4 is 43.2 Å². The molecule has 3 nitrogen and oxygen atoms in total. The molecule has 0 amide bonds. The number of fused-ring (bicyclic) bond motifs is 12. The first-order chi connectivity index (χ1) is 28.6. The summed E-state index contributed by atoms with van der Waals surface area (Å²) in [7, 11) is 2.13. The lowest BCUT2D eigenvalue weighted by atomic mass is 9.61. The van der Waals surface area contributed by atoms with Crippen molar-refractivity contribution in [3.8, 4) is 22.3 Å². The molecular formula is C54H39N3S. The summed E-state index contributed by atoms with van der Waals surface area (Å²) < 4.78 is 2.60. The van der Waals surface area contributed by atoms with Crippen LogP contribution >= 0.6 is 11.3 Å². The number of nitrogens with zero attached hydrogens (tertiary/aromatic N) is 3. The molecule has 276 valence electrons. The van der Waals surface area contributed by atoms with Crippen LogP contribution in [0.25, 0.3) is 42.4 Å². The lowest BCUT2D eigenvalue weighted by molar-refractivity contribution is 0.383. The SMILES string of the molecule is CN1C(C2=CCCC=C2)=NC(c2ccc(-c3ccc4c(c3)Cc3ccccc3C43c4ccccc4-c4ccccc43)cc2)=NC1c1ccc2c(c1)sc1ccccc12. The highest BCUT2D eigenvalue weighted by Gasteiger charge is 2.49. The highest BCUT2D eigenvalue weighted by Crippen LogP contribution is 2.59. The Morgan fingerprint density at radius 2 is 1.26 bits per heavy atom. The van der Waals surface area contributed by atoms with Crippen LogP contribution in [0.2, 0.25) is 0 Å². The Bertz CT molecular complexity index is 3080. The van der Waals surface area contributed by atoms with Gasteiger partial charge in [-0.3, -0.25) is 0 Å². The van der Waals surface area contributed by atoms with E-state index in [1.165, 1.54) is 81.4 Å². The fourth-order valence-corrected chi connectivity index (χ4v) is 11.4. The fraction of sp³-hybridized carbons (Fsp3) is 0.111. The molecular weight excluding hydrogens is 723 g/mol.